The number of aromatic amines is 1. The highest BCUT2D eigenvalue weighted by atomic mass is 79.9. The molecule has 3 aromatic rings. The second-order valence-corrected chi connectivity index (χ2v) is 6.12. The van der Waals surface area contributed by atoms with Crippen LogP contribution in [-0.2, 0) is 6.54 Å². The van der Waals surface area contributed by atoms with Crippen molar-refractivity contribution in [2.45, 2.75) is 13.5 Å². The van der Waals surface area contributed by atoms with Crippen LogP contribution in [0.3, 0.4) is 0 Å². The molecule has 1 heterocycles. The van der Waals surface area contributed by atoms with Gasteiger partial charge in [-0.05, 0) is 43.3 Å². The quantitative estimate of drug-likeness (QED) is 0.677. The van der Waals surface area contributed by atoms with Gasteiger partial charge in [-0.1, -0.05) is 22.0 Å². The maximum Gasteiger partial charge on any atom is 0.316 e. The van der Waals surface area contributed by atoms with Gasteiger partial charge in [0.2, 0.25) is 0 Å². The van der Waals surface area contributed by atoms with Gasteiger partial charge in [-0.2, -0.15) is 0 Å². The van der Waals surface area contributed by atoms with Crippen LogP contribution >= 0.6 is 15.9 Å². The fourth-order valence-electron chi connectivity index (χ4n) is 2.50. The molecule has 7 heteroatoms. The van der Waals surface area contributed by atoms with Crippen LogP contribution in [0.15, 0.2) is 56.5 Å². The van der Waals surface area contributed by atoms with Gasteiger partial charge in [-0.3, -0.25) is 14.4 Å². The van der Waals surface area contributed by atoms with E-state index in [1.54, 1.807) is 37.3 Å². The zero-order valence-electron chi connectivity index (χ0n) is 12.8. The molecule has 0 saturated heterocycles. The van der Waals surface area contributed by atoms with E-state index < -0.39 is 11.1 Å². The number of hydrogen-bond acceptors (Lipinski definition) is 3. The average molecular weight is 388 g/mol. The summed E-state index contributed by atoms with van der Waals surface area (Å²) in [6.07, 6.45) is 0. The highest BCUT2D eigenvalue weighted by Crippen LogP contribution is 2.17. The summed E-state index contributed by atoms with van der Waals surface area (Å²) in [6.45, 7) is 2.16. The molecule has 0 spiro atoms. The summed E-state index contributed by atoms with van der Waals surface area (Å²) in [6, 6.07) is 12.1. The fourth-order valence-corrected chi connectivity index (χ4v) is 2.90. The predicted molar refractivity (Wildman–Crippen MR) is 96.6 cm³/mol. The van der Waals surface area contributed by atoms with E-state index in [1.165, 1.54) is 4.57 Å². The van der Waals surface area contributed by atoms with Crippen LogP contribution in [0.1, 0.15) is 17.3 Å². The van der Waals surface area contributed by atoms with E-state index in [4.69, 9.17) is 0 Å². The molecule has 0 unspecified atom stereocenters. The monoisotopic (exact) mass is 387 g/mol. The van der Waals surface area contributed by atoms with Crippen LogP contribution in [0.25, 0.3) is 11.0 Å². The van der Waals surface area contributed by atoms with Gasteiger partial charge >= 0.3 is 11.1 Å². The maximum atomic E-state index is 12.4. The van der Waals surface area contributed by atoms with Crippen molar-refractivity contribution >= 4 is 38.6 Å². The van der Waals surface area contributed by atoms with E-state index in [0.29, 0.717) is 28.8 Å². The first kappa shape index (κ1) is 16.2. The number of rotatable bonds is 3. The number of carbonyl (C=O) groups is 1. The van der Waals surface area contributed by atoms with E-state index in [-0.39, 0.29) is 5.91 Å². The second kappa shape index (κ2) is 6.45. The van der Waals surface area contributed by atoms with Crippen LogP contribution in [0, 0.1) is 0 Å². The first-order chi connectivity index (χ1) is 11.5. The lowest BCUT2D eigenvalue weighted by Gasteiger charge is -2.09. The first-order valence-corrected chi connectivity index (χ1v) is 8.12. The second-order valence-electron chi connectivity index (χ2n) is 5.20. The van der Waals surface area contributed by atoms with Crippen molar-refractivity contribution in [1.29, 1.82) is 0 Å². The molecule has 0 aliphatic carbocycles. The minimum Gasteiger partial charge on any atom is -0.322 e. The Kier molecular flexibility index (Phi) is 4.35. The van der Waals surface area contributed by atoms with Gasteiger partial charge in [0, 0.05) is 22.3 Å². The third-order valence-electron chi connectivity index (χ3n) is 3.64. The van der Waals surface area contributed by atoms with Crippen molar-refractivity contribution in [1.82, 2.24) is 9.55 Å². The van der Waals surface area contributed by atoms with E-state index in [1.807, 2.05) is 12.1 Å². The molecule has 1 aromatic heterocycles. The number of H-pyrrole nitrogens is 1. The Bertz CT molecular complexity index is 1050. The summed E-state index contributed by atoms with van der Waals surface area (Å²) in [5.74, 6) is -0.301. The topological polar surface area (TPSA) is 84.0 Å². The number of nitrogens with one attached hydrogen (secondary N) is 2. The molecule has 0 bridgehead atoms. The summed E-state index contributed by atoms with van der Waals surface area (Å²) in [4.78, 5) is 38.5. The number of fused-ring (bicyclic) bond motifs is 1. The number of aryl methyl sites for hydroxylation is 1. The van der Waals surface area contributed by atoms with Crippen LogP contribution in [0.2, 0.25) is 0 Å². The Morgan fingerprint density at radius 1 is 1.21 bits per heavy atom. The average Bonchev–Trinajstić information content (AvgIpc) is 2.55. The van der Waals surface area contributed by atoms with Gasteiger partial charge in [0.15, 0.2) is 0 Å². The number of benzene rings is 2. The number of anilines is 1. The molecule has 0 fully saturated rings. The molecule has 3 rings (SSSR count). The molecule has 24 heavy (non-hydrogen) atoms. The standard InChI is InChI=1S/C17H14BrN3O3/c1-2-21-14-7-6-10(8-13(14)20-16(23)17(21)24)15(22)19-12-5-3-4-11(18)9-12/h3-9H,2H2,1H3,(H,19,22)(H,20,23). The molecule has 0 saturated carbocycles. The lowest BCUT2D eigenvalue weighted by molar-refractivity contribution is 0.102. The Morgan fingerprint density at radius 2 is 2.00 bits per heavy atom. The van der Waals surface area contributed by atoms with Gasteiger partial charge in [-0.25, -0.2) is 0 Å². The smallest absolute Gasteiger partial charge is 0.316 e. The largest absolute Gasteiger partial charge is 0.322 e. The molecule has 2 aromatic carbocycles. The molecule has 0 aliphatic heterocycles. The Morgan fingerprint density at radius 3 is 2.71 bits per heavy atom. The third-order valence-corrected chi connectivity index (χ3v) is 4.13. The minimum atomic E-state index is -0.700. The van der Waals surface area contributed by atoms with E-state index in [0.717, 1.165) is 4.47 Å². The number of hydrogen-bond donors (Lipinski definition) is 2. The summed E-state index contributed by atoms with van der Waals surface area (Å²) < 4.78 is 2.24. The zero-order chi connectivity index (χ0) is 17.3. The van der Waals surface area contributed by atoms with E-state index >= 15 is 0 Å². The van der Waals surface area contributed by atoms with Gasteiger partial charge in [0.05, 0.1) is 11.0 Å². The minimum absolute atomic E-state index is 0.301. The van der Waals surface area contributed by atoms with Crippen molar-refractivity contribution in [3.8, 4) is 0 Å². The van der Waals surface area contributed by atoms with Crippen LogP contribution in [0.5, 0.6) is 0 Å². The number of amides is 1. The number of nitrogens with zero attached hydrogens (tertiary/aromatic N) is 1. The molecule has 2 N–H and O–H groups in total. The molecule has 0 atom stereocenters. The Labute approximate surface area is 145 Å². The normalized spacial score (nSPS) is 10.8. The van der Waals surface area contributed by atoms with Crippen LogP contribution < -0.4 is 16.4 Å². The highest BCUT2D eigenvalue weighted by Gasteiger charge is 2.11. The Balaban J connectivity index is 2.02. The summed E-state index contributed by atoms with van der Waals surface area (Å²) >= 11 is 3.35. The molecular formula is C17H14BrN3O3. The van der Waals surface area contributed by atoms with Gasteiger partial charge in [0.1, 0.15) is 0 Å². The number of halogens is 1. The lowest BCUT2D eigenvalue weighted by atomic mass is 10.1. The SMILES string of the molecule is CCn1c(=O)c(=O)[nH]c2cc(C(=O)Nc3cccc(Br)c3)ccc21. The van der Waals surface area contributed by atoms with E-state index in [2.05, 4.69) is 26.2 Å². The summed E-state index contributed by atoms with van der Waals surface area (Å²) in [5.41, 5.74) is 0.774. The number of aromatic nitrogens is 2. The third kappa shape index (κ3) is 3.03. The molecule has 0 aliphatic rings. The lowest BCUT2D eigenvalue weighted by Crippen LogP contribution is -2.36. The van der Waals surface area contributed by atoms with Crippen LogP contribution in [0.4, 0.5) is 5.69 Å². The van der Waals surface area contributed by atoms with Crippen molar-refractivity contribution in [3.05, 3.63) is 73.2 Å². The zero-order valence-corrected chi connectivity index (χ0v) is 14.4. The summed E-state index contributed by atoms with van der Waals surface area (Å²) in [7, 11) is 0. The van der Waals surface area contributed by atoms with Gasteiger partial charge in [-0.15, -0.1) is 0 Å². The van der Waals surface area contributed by atoms with Crippen LogP contribution in [-0.4, -0.2) is 15.5 Å². The molecule has 6 nitrogen and oxygen atoms in total. The molecule has 122 valence electrons. The van der Waals surface area contributed by atoms with Crippen molar-refractivity contribution in [2.75, 3.05) is 5.32 Å². The fraction of sp³-hybridized carbons (Fsp3) is 0.118. The molecular weight excluding hydrogens is 374 g/mol. The van der Waals surface area contributed by atoms with Gasteiger partial charge < -0.3 is 14.9 Å². The molecule has 1 amide bonds. The van der Waals surface area contributed by atoms with E-state index in [9.17, 15) is 14.4 Å². The first-order valence-electron chi connectivity index (χ1n) is 7.33. The van der Waals surface area contributed by atoms with Crippen molar-refractivity contribution in [2.24, 2.45) is 0 Å². The predicted octanol–water partition coefficient (Wildman–Crippen LogP) is 2.72. The summed E-state index contributed by atoms with van der Waals surface area (Å²) in [5, 5.41) is 2.79. The van der Waals surface area contributed by atoms with Gasteiger partial charge in [0.25, 0.3) is 5.91 Å². The Hall–Kier alpha value is -2.67. The maximum absolute atomic E-state index is 12.4. The molecule has 0 radical (unpaired) electrons. The van der Waals surface area contributed by atoms with Crippen molar-refractivity contribution < 1.29 is 4.79 Å². The highest BCUT2D eigenvalue weighted by molar-refractivity contribution is 9.10. The van der Waals surface area contributed by atoms with Crippen molar-refractivity contribution in [3.63, 3.8) is 0 Å². The number of carbonyl (C=O) groups excluding carboxylic acids is 1.